The minimum Gasteiger partial charge on any atom is -0.465 e. The lowest BCUT2D eigenvalue weighted by Crippen LogP contribution is -2.17. The lowest BCUT2D eigenvalue weighted by Gasteiger charge is -2.12. The number of carboxylic acid groups (broad SMARTS) is 1. The van der Waals surface area contributed by atoms with Crippen LogP contribution in [0.15, 0.2) is 54.7 Å². The highest BCUT2D eigenvalue weighted by molar-refractivity contribution is 5.97. The molecule has 0 saturated heterocycles. The first-order valence-electron chi connectivity index (χ1n) is 8.43. The number of nitrogens with one attached hydrogen (secondary N) is 3. The molecule has 0 fully saturated rings. The average molecular weight is 396 g/mol. The third-order valence-corrected chi connectivity index (χ3v) is 3.77. The Morgan fingerprint density at radius 1 is 1.10 bits per heavy atom. The molecule has 3 rings (SSSR count). The van der Waals surface area contributed by atoms with E-state index in [4.69, 9.17) is 10.8 Å². The highest BCUT2D eigenvalue weighted by atomic mass is 19.1. The second-order valence-electron chi connectivity index (χ2n) is 5.94. The Morgan fingerprint density at radius 2 is 1.86 bits per heavy atom. The quantitative estimate of drug-likeness (QED) is 0.413. The van der Waals surface area contributed by atoms with Crippen LogP contribution in [0.1, 0.15) is 15.9 Å². The van der Waals surface area contributed by atoms with Crippen molar-refractivity contribution in [3.05, 3.63) is 71.7 Å². The van der Waals surface area contributed by atoms with Crippen LogP contribution in [-0.2, 0) is 6.54 Å². The van der Waals surface area contributed by atoms with Crippen molar-refractivity contribution in [2.24, 2.45) is 5.73 Å². The first kappa shape index (κ1) is 19.5. The van der Waals surface area contributed by atoms with Crippen molar-refractivity contribution in [3.63, 3.8) is 0 Å². The molecule has 9 nitrogen and oxygen atoms in total. The van der Waals surface area contributed by atoms with E-state index in [1.165, 1.54) is 18.3 Å². The molecule has 3 aromatic rings. The van der Waals surface area contributed by atoms with Crippen LogP contribution >= 0.6 is 0 Å². The van der Waals surface area contributed by atoms with Gasteiger partial charge in [0.25, 0.3) is 5.91 Å². The maximum absolute atomic E-state index is 13.3. The molecule has 1 aromatic heterocycles. The highest BCUT2D eigenvalue weighted by Crippen LogP contribution is 2.21. The van der Waals surface area contributed by atoms with Gasteiger partial charge in [0.15, 0.2) is 0 Å². The predicted octanol–water partition coefficient (Wildman–Crippen LogP) is 3.16. The Labute approximate surface area is 164 Å². The number of nitrogens with two attached hydrogens (primary N) is 1. The van der Waals surface area contributed by atoms with Crippen LogP contribution in [0, 0.1) is 5.82 Å². The minimum absolute atomic E-state index is 0.0771. The van der Waals surface area contributed by atoms with Gasteiger partial charge in [0.1, 0.15) is 11.6 Å². The second kappa shape index (κ2) is 8.65. The van der Waals surface area contributed by atoms with Crippen LogP contribution in [0.2, 0.25) is 0 Å². The van der Waals surface area contributed by atoms with Gasteiger partial charge in [-0.25, -0.2) is 14.2 Å². The van der Waals surface area contributed by atoms with E-state index in [0.29, 0.717) is 16.9 Å². The number of nitrogens with zero attached hydrogens (tertiary/aromatic N) is 2. The highest BCUT2D eigenvalue weighted by Gasteiger charge is 2.13. The van der Waals surface area contributed by atoms with Gasteiger partial charge in [-0.15, -0.1) is 0 Å². The van der Waals surface area contributed by atoms with Crippen molar-refractivity contribution in [2.45, 2.75) is 6.54 Å². The molecule has 2 amide bonds. The van der Waals surface area contributed by atoms with E-state index in [1.807, 2.05) is 0 Å². The van der Waals surface area contributed by atoms with E-state index >= 15 is 0 Å². The summed E-state index contributed by atoms with van der Waals surface area (Å²) in [5, 5.41) is 16.9. The van der Waals surface area contributed by atoms with Crippen molar-refractivity contribution in [2.75, 3.05) is 16.0 Å². The number of carbonyl (C=O) groups is 2. The second-order valence-corrected chi connectivity index (χ2v) is 5.94. The summed E-state index contributed by atoms with van der Waals surface area (Å²) in [6.07, 6.45) is 0.0818. The number of halogens is 1. The Morgan fingerprint density at radius 3 is 2.59 bits per heavy atom. The molecule has 0 spiro atoms. The van der Waals surface area contributed by atoms with Gasteiger partial charge in [-0.1, -0.05) is 18.2 Å². The maximum atomic E-state index is 13.3. The van der Waals surface area contributed by atoms with Crippen molar-refractivity contribution in [1.29, 1.82) is 0 Å². The van der Waals surface area contributed by atoms with E-state index in [9.17, 15) is 14.0 Å². The number of carbonyl (C=O) groups excluding carboxylic acids is 1. The van der Waals surface area contributed by atoms with Gasteiger partial charge in [0.2, 0.25) is 5.95 Å². The fourth-order valence-corrected chi connectivity index (χ4v) is 2.52. The molecule has 29 heavy (non-hydrogen) atoms. The monoisotopic (exact) mass is 396 g/mol. The fourth-order valence-electron chi connectivity index (χ4n) is 2.52. The van der Waals surface area contributed by atoms with E-state index in [1.54, 1.807) is 36.4 Å². The van der Waals surface area contributed by atoms with E-state index < -0.39 is 12.0 Å². The van der Waals surface area contributed by atoms with E-state index in [0.717, 1.165) is 0 Å². The summed E-state index contributed by atoms with van der Waals surface area (Å²) >= 11 is 0. The van der Waals surface area contributed by atoms with Crippen molar-refractivity contribution < 1.29 is 19.1 Å². The topological polar surface area (TPSA) is 142 Å². The number of amides is 2. The van der Waals surface area contributed by atoms with Gasteiger partial charge in [0.05, 0.1) is 5.56 Å². The molecule has 148 valence electrons. The Balaban J connectivity index is 1.81. The molecule has 10 heteroatoms. The minimum atomic E-state index is -1.19. The number of hydrogen-bond acceptors (Lipinski definition) is 6. The number of primary amides is 1. The molecular formula is C19H17FN6O3. The zero-order valence-corrected chi connectivity index (χ0v) is 15.0. The summed E-state index contributed by atoms with van der Waals surface area (Å²) in [7, 11) is 0. The van der Waals surface area contributed by atoms with Gasteiger partial charge in [-0.05, 0) is 35.9 Å². The molecule has 0 saturated carbocycles. The fraction of sp³-hybridized carbons (Fsp3) is 0.0526. The third-order valence-electron chi connectivity index (χ3n) is 3.77. The molecule has 0 aliphatic heterocycles. The summed E-state index contributed by atoms with van der Waals surface area (Å²) in [4.78, 5) is 30.7. The largest absolute Gasteiger partial charge is 0.465 e. The normalized spacial score (nSPS) is 10.2. The number of aromatic nitrogens is 2. The number of benzene rings is 2. The summed E-state index contributed by atoms with van der Waals surface area (Å²) in [5.41, 5.74) is 6.99. The van der Waals surface area contributed by atoms with Crippen molar-refractivity contribution in [1.82, 2.24) is 9.97 Å². The standard InChI is InChI=1S/C19H17FN6O3/c20-12-4-1-3-11(7-12)9-22-17-15(16(21)27)10-23-18(26-17)24-13-5-2-6-14(8-13)25-19(28)29/h1-8,10,25H,9H2,(H2,21,27)(H,28,29)(H2,22,23,24,26). The zero-order chi connectivity index (χ0) is 20.8. The van der Waals surface area contributed by atoms with Crippen LogP contribution in [0.5, 0.6) is 0 Å². The number of anilines is 4. The summed E-state index contributed by atoms with van der Waals surface area (Å²) < 4.78 is 13.3. The molecule has 0 unspecified atom stereocenters. The van der Waals surface area contributed by atoms with E-state index in [-0.39, 0.29) is 29.7 Å². The van der Waals surface area contributed by atoms with Gasteiger partial charge in [-0.2, -0.15) is 4.98 Å². The first-order chi connectivity index (χ1) is 13.9. The van der Waals surface area contributed by atoms with Crippen LogP contribution in [0.3, 0.4) is 0 Å². The molecule has 0 aliphatic rings. The summed E-state index contributed by atoms with van der Waals surface area (Å²) in [6.45, 7) is 0.215. The van der Waals surface area contributed by atoms with Crippen molar-refractivity contribution in [3.8, 4) is 0 Å². The molecule has 0 radical (unpaired) electrons. The summed E-state index contributed by atoms with van der Waals surface area (Å²) in [5.74, 6) is -0.756. The Bertz CT molecular complexity index is 1060. The van der Waals surface area contributed by atoms with Crippen LogP contribution < -0.4 is 21.7 Å². The van der Waals surface area contributed by atoms with Gasteiger partial charge in [0, 0.05) is 24.1 Å². The Hall–Kier alpha value is -4.21. The Kier molecular flexibility index (Phi) is 5.83. The average Bonchev–Trinajstić information content (AvgIpc) is 2.66. The molecule has 0 atom stereocenters. The van der Waals surface area contributed by atoms with Gasteiger partial charge < -0.3 is 21.5 Å². The predicted molar refractivity (Wildman–Crippen MR) is 106 cm³/mol. The maximum Gasteiger partial charge on any atom is 0.409 e. The molecule has 0 aliphatic carbocycles. The lowest BCUT2D eigenvalue weighted by molar-refractivity contribution is 0.100. The van der Waals surface area contributed by atoms with Gasteiger partial charge >= 0.3 is 6.09 Å². The van der Waals surface area contributed by atoms with Crippen LogP contribution in [0.25, 0.3) is 0 Å². The molecule has 2 aromatic carbocycles. The number of hydrogen-bond donors (Lipinski definition) is 5. The van der Waals surface area contributed by atoms with E-state index in [2.05, 4.69) is 25.9 Å². The smallest absolute Gasteiger partial charge is 0.409 e. The SMILES string of the molecule is NC(=O)c1cnc(Nc2cccc(NC(=O)O)c2)nc1NCc1cccc(F)c1. The lowest BCUT2D eigenvalue weighted by atomic mass is 10.2. The summed E-state index contributed by atoms with van der Waals surface area (Å²) in [6, 6.07) is 12.5. The molecule has 1 heterocycles. The number of rotatable bonds is 7. The van der Waals surface area contributed by atoms with Gasteiger partial charge in [-0.3, -0.25) is 10.1 Å². The molecular weight excluding hydrogens is 379 g/mol. The van der Waals surface area contributed by atoms with Crippen LogP contribution in [-0.4, -0.2) is 27.1 Å². The first-order valence-corrected chi connectivity index (χ1v) is 8.43. The molecule has 6 N–H and O–H groups in total. The van der Waals surface area contributed by atoms with Crippen molar-refractivity contribution >= 4 is 35.1 Å². The zero-order valence-electron chi connectivity index (χ0n) is 15.0. The molecule has 0 bridgehead atoms. The third kappa shape index (κ3) is 5.39. The van der Waals surface area contributed by atoms with Crippen LogP contribution in [0.4, 0.5) is 32.3 Å².